The third-order valence-electron chi connectivity index (χ3n) is 4.46. The number of hydrogen-bond donors (Lipinski definition) is 3. The van der Waals surface area contributed by atoms with Gasteiger partial charge in [-0.2, -0.15) is 0 Å². The normalized spacial score (nSPS) is 12.3. The molecule has 0 aliphatic rings. The van der Waals surface area contributed by atoms with E-state index in [1.165, 1.54) is 0 Å². The quantitative estimate of drug-likeness (QED) is 0.567. The summed E-state index contributed by atoms with van der Waals surface area (Å²) in [5.41, 5.74) is 1.84. The molecule has 1 aromatic heterocycles. The average Bonchev–Trinajstić information content (AvgIpc) is 3.09. The maximum Gasteiger partial charge on any atom is 0.408 e. The van der Waals surface area contributed by atoms with Crippen LogP contribution >= 0.6 is 0 Å². The second kappa shape index (κ2) is 8.90. The first kappa shape index (κ1) is 21.2. The van der Waals surface area contributed by atoms with Crippen LogP contribution in [0.3, 0.4) is 0 Å². The van der Waals surface area contributed by atoms with Crippen molar-refractivity contribution in [3.8, 4) is 5.75 Å². The van der Waals surface area contributed by atoms with Crippen molar-refractivity contribution in [3.63, 3.8) is 0 Å². The number of rotatable bonds is 6. The number of methoxy groups -OCH3 is 1. The predicted octanol–water partition coefficient (Wildman–Crippen LogP) is 4.25. The van der Waals surface area contributed by atoms with Crippen molar-refractivity contribution in [3.05, 3.63) is 60.3 Å². The zero-order valence-corrected chi connectivity index (χ0v) is 17.6. The lowest BCUT2D eigenvalue weighted by atomic mass is 10.0. The highest BCUT2D eigenvalue weighted by Crippen LogP contribution is 2.20. The minimum Gasteiger partial charge on any atom is -0.497 e. The molecule has 30 heavy (non-hydrogen) atoms. The smallest absolute Gasteiger partial charge is 0.408 e. The summed E-state index contributed by atoms with van der Waals surface area (Å²) < 4.78 is 10.5. The van der Waals surface area contributed by atoms with Crippen molar-refractivity contribution in [2.45, 2.75) is 38.8 Å². The Morgan fingerprint density at radius 2 is 1.77 bits per heavy atom. The molecular weight excluding hydrogens is 382 g/mol. The summed E-state index contributed by atoms with van der Waals surface area (Å²) in [5, 5.41) is 6.56. The molecule has 1 heterocycles. The highest BCUT2D eigenvalue weighted by molar-refractivity contribution is 5.97. The van der Waals surface area contributed by atoms with E-state index in [0.29, 0.717) is 17.9 Å². The monoisotopic (exact) mass is 409 g/mol. The fraction of sp³-hybridized carbons (Fsp3) is 0.304. The molecule has 0 unspecified atom stereocenters. The highest BCUT2D eigenvalue weighted by atomic mass is 16.6. The Morgan fingerprint density at radius 3 is 2.43 bits per heavy atom. The van der Waals surface area contributed by atoms with Crippen molar-refractivity contribution in [1.82, 2.24) is 10.3 Å². The number of alkyl carbamates (subject to hydrolysis) is 1. The number of carbonyl (C=O) groups excluding carboxylic acids is 2. The first-order chi connectivity index (χ1) is 14.2. The molecule has 0 aliphatic carbocycles. The molecule has 2 amide bonds. The summed E-state index contributed by atoms with van der Waals surface area (Å²) >= 11 is 0. The summed E-state index contributed by atoms with van der Waals surface area (Å²) in [6, 6.07) is 14.0. The number of aromatic nitrogens is 1. The Morgan fingerprint density at radius 1 is 1.07 bits per heavy atom. The van der Waals surface area contributed by atoms with Crippen molar-refractivity contribution in [1.29, 1.82) is 0 Å². The maximum atomic E-state index is 13.0. The van der Waals surface area contributed by atoms with Gasteiger partial charge < -0.3 is 25.1 Å². The standard InChI is InChI=1S/C23H27N3O4/c1-23(2,3)30-22(28)26-20(13-15-14-24-19-8-6-5-7-18(15)19)21(27)25-16-9-11-17(29-4)12-10-16/h5-12,14,20,24H,13H2,1-4H3,(H,25,27)(H,26,28)/t20-/m0/s1. The van der Waals surface area contributed by atoms with Gasteiger partial charge in [0.2, 0.25) is 5.91 Å². The van der Waals surface area contributed by atoms with Gasteiger partial charge in [0.05, 0.1) is 7.11 Å². The second-order valence-corrected chi connectivity index (χ2v) is 7.98. The Hall–Kier alpha value is -3.48. The van der Waals surface area contributed by atoms with Crippen LogP contribution in [0.15, 0.2) is 54.7 Å². The predicted molar refractivity (Wildman–Crippen MR) is 117 cm³/mol. The summed E-state index contributed by atoms with van der Waals surface area (Å²) in [6.45, 7) is 5.33. The molecule has 1 atom stereocenters. The number of anilines is 1. The molecule has 0 radical (unpaired) electrons. The van der Waals surface area contributed by atoms with Gasteiger partial charge in [-0.25, -0.2) is 4.79 Å². The van der Waals surface area contributed by atoms with Gasteiger partial charge >= 0.3 is 6.09 Å². The van der Waals surface area contributed by atoms with Gasteiger partial charge in [-0.05, 0) is 56.7 Å². The van der Waals surface area contributed by atoms with E-state index < -0.39 is 17.7 Å². The van der Waals surface area contributed by atoms with Gasteiger partial charge in [-0.1, -0.05) is 18.2 Å². The maximum absolute atomic E-state index is 13.0. The molecule has 0 fully saturated rings. The van der Waals surface area contributed by atoms with Crippen molar-refractivity contribution >= 4 is 28.6 Å². The molecule has 0 saturated heterocycles. The van der Waals surface area contributed by atoms with E-state index in [1.54, 1.807) is 52.1 Å². The summed E-state index contributed by atoms with van der Waals surface area (Å²) in [5.74, 6) is 0.353. The minimum absolute atomic E-state index is 0.311. The van der Waals surface area contributed by atoms with Crippen molar-refractivity contribution < 1.29 is 19.1 Å². The number of aromatic amines is 1. The SMILES string of the molecule is COc1ccc(NC(=O)[C@H](Cc2c[nH]c3ccccc23)NC(=O)OC(C)(C)C)cc1. The van der Waals surface area contributed by atoms with Crippen LogP contribution in [0, 0.1) is 0 Å². The van der Waals surface area contributed by atoms with Gasteiger partial charge in [0.25, 0.3) is 0 Å². The lowest BCUT2D eigenvalue weighted by Crippen LogP contribution is -2.47. The fourth-order valence-corrected chi connectivity index (χ4v) is 3.08. The summed E-state index contributed by atoms with van der Waals surface area (Å²) in [4.78, 5) is 28.6. The van der Waals surface area contributed by atoms with Crippen LogP contribution in [0.2, 0.25) is 0 Å². The van der Waals surface area contributed by atoms with E-state index in [2.05, 4.69) is 15.6 Å². The lowest BCUT2D eigenvalue weighted by Gasteiger charge is -2.23. The van der Waals surface area contributed by atoms with Gasteiger partial charge in [0, 0.05) is 29.2 Å². The molecule has 3 aromatic rings. The third-order valence-corrected chi connectivity index (χ3v) is 4.46. The van der Waals surface area contributed by atoms with E-state index in [1.807, 2.05) is 30.5 Å². The molecule has 2 aromatic carbocycles. The molecule has 3 rings (SSSR count). The molecular formula is C23H27N3O4. The molecule has 0 spiro atoms. The average molecular weight is 409 g/mol. The van der Waals surface area contributed by atoms with Crippen molar-refractivity contribution in [2.24, 2.45) is 0 Å². The third kappa shape index (κ3) is 5.53. The Labute approximate surface area is 175 Å². The van der Waals surface area contributed by atoms with Crippen LogP contribution in [0.25, 0.3) is 10.9 Å². The molecule has 3 N–H and O–H groups in total. The first-order valence-corrected chi connectivity index (χ1v) is 9.74. The molecule has 0 bridgehead atoms. The Balaban J connectivity index is 1.80. The largest absolute Gasteiger partial charge is 0.497 e. The number of amides is 2. The molecule has 0 aliphatic heterocycles. The van der Waals surface area contributed by atoms with Gasteiger partial charge in [-0.15, -0.1) is 0 Å². The molecule has 158 valence electrons. The number of nitrogens with one attached hydrogen (secondary N) is 3. The van der Waals surface area contributed by atoms with Crippen LogP contribution in [0.5, 0.6) is 5.75 Å². The zero-order valence-electron chi connectivity index (χ0n) is 17.6. The Kier molecular flexibility index (Phi) is 6.30. The van der Waals surface area contributed by atoms with Crippen LogP contribution in [0.1, 0.15) is 26.3 Å². The highest BCUT2D eigenvalue weighted by Gasteiger charge is 2.25. The van der Waals surface area contributed by atoms with Gasteiger partial charge in [0.1, 0.15) is 17.4 Å². The van der Waals surface area contributed by atoms with Gasteiger partial charge in [0.15, 0.2) is 0 Å². The van der Waals surface area contributed by atoms with Crippen LogP contribution in [-0.4, -0.2) is 35.7 Å². The minimum atomic E-state index is -0.818. The van der Waals surface area contributed by atoms with E-state index in [4.69, 9.17) is 9.47 Å². The summed E-state index contributed by atoms with van der Waals surface area (Å²) in [6.07, 6.45) is 1.53. The molecule has 7 heteroatoms. The second-order valence-electron chi connectivity index (χ2n) is 7.98. The Bertz CT molecular complexity index is 1020. The van der Waals surface area contributed by atoms with Crippen LogP contribution < -0.4 is 15.4 Å². The number of hydrogen-bond acceptors (Lipinski definition) is 4. The zero-order chi connectivity index (χ0) is 21.7. The molecule has 0 saturated carbocycles. The number of carbonyl (C=O) groups is 2. The van der Waals surface area contributed by atoms with Crippen LogP contribution in [-0.2, 0) is 16.0 Å². The first-order valence-electron chi connectivity index (χ1n) is 9.74. The number of benzene rings is 2. The van der Waals surface area contributed by atoms with Crippen LogP contribution in [0.4, 0.5) is 10.5 Å². The van der Waals surface area contributed by atoms with Gasteiger partial charge in [-0.3, -0.25) is 4.79 Å². The number of fused-ring (bicyclic) bond motifs is 1. The fourth-order valence-electron chi connectivity index (χ4n) is 3.08. The number of ether oxygens (including phenoxy) is 2. The van der Waals surface area contributed by atoms with E-state index in [-0.39, 0.29) is 5.91 Å². The lowest BCUT2D eigenvalue weighted by molar-refractivity contribution is -0.118. The van der Waals surface area contributed by atoms with Crippen molar-refractivity contribution in [2.75, 3.05) is 12.4 Å². The van der Waals surface area contributed by atoms with E-state index >= 15 is 0 Å². The number of para-hydroxylation sites is 1. The number of H-pyrrole nitrogens is 1. The van der Waals surface area contributed by atoms with E-state index in [0.717, 1.165) is 16.5 Å². The van der Waals surface area contributed by atoms with E-state index in [9.17, 15) is 9.59 Å². The topological polar surface area (TPSA) is 92.5 Å². The molecule has 7 nitrogen and oxygen atoms in total. The summed E-state index contributed by atoms with van der Waals surface area (Å²) in [7, 11) is 1.58.